The standard InChI is InChI=1S/C24H22FN7O2/c1-14(13-34-2)29-24(33)18-10-27-23-22(18)30-19(11-28-23)21-17-6-5-16(25)8-20(17)32(31-21)12-15-4-3-7-26-9-15/h3-11,14H,12-13H2,1-2H3,(H,27,28)(H,29,33)/t14-/m0/s1. The minimum Gasteiger partial charge on any atom is -0.383 e. The average Bonchev–Trinajstić information content (AvgIpc) is 3.41. The van der Waals surface area contributed by atoms with E-state index in [9.17, 15) is 9.18 Å². The molecule has 5 aromatic rings. The van der Waals surface area contributed by atoms with E-state index in [1.807, 2.05) is 19.1 Å². The summed E-state index contributed by atoms with van der Waals surface area (Å²) in [5, 5.41) is 8.34. The molecule has 0 unspecified atom stereocenters. The smallest absolute Gasteiger partial charge is 0.255 e. The summed E-state index contributed by atoms with van der Waals surface area (Å²) in [5.41, 5.74) is 3.87. The Kier molecular flexibility index (Phi) is 5.72. The monoisotopic (exact) mass is 459 g/mol. The van der Waals surface area contributed by atoms with E-state index in [4.69, 9.17) is 14.8 Å². The maximum Gasteiger partial charge on any atom is 0.255 e. The number of pyridine rings is 1. The quantitative estimate of drug-likeness (QED) is 0.386. The zero-order valence-corrected chi connectivity index (χ0v) is 18.6. The van der Waals surface area contributed by atoms with Crippen LogP contribution in [-0.2, 0) is 11.3 Å². The Labute approximate surface area is 194 Å². The normalized spacial score (nSPS) is 12.3. The van der Waals surface area contributed by atoms with Crippen molar-refractivity contribution in [2.45, 2.75) is 19.5 Å². The molecule has 4 aromatic heterocycles. The van der Waals surface area contributed by atoms with Crippen molar-refractivity contribution in [2.24, 2.45) is 0 Å². The number of H-pyrrole nitrogens is 1. The van der Waals surface area contributed by atoms with Gasteiger partial charge in [-0.2, -0.15) is 5.10 Å². The first kappa shape index (κ1) is 21.7. The van der Waals surface area contributed by atoms with E-state index in [2.05, 4.69) is 20.3 Å². The van der Waals surface area contributed by atoms with E-state index in [0.717, 1.165) is 10.9 Å². The largest absolute Gasteiger partial charge is 0.383 e. The van der Waals surface area contributed by atoms with Crippen LogP contribution in [0.5, 0.6) is 0 Å². The summed E-state index contributed by atoms with van der Waals surface area (Å²) in [6.07, 6.45) is 6.61. The van der Waals surface area contributed by atoms with Gasteiger partial charge in [-0.25, -0.2) is 14.4 Å². The lowest BCUT2D eigenvalue weighted by Gasteiger charge is -2.11. The second kappa shape index (κ2) is 8.99. The van der Waals surface area contributed by atoms with Gasteiger partial charge in [-0.1, -0.05) is 6.07 Å². The first-order valence-electron chi connectivity index (χ1n) is 10.7. The van der Waals surface area contributed by atoms with E-state index >= 15 is 0 Å². The molecule has 34 heavy (non-hydrogen) atoms. The number of carbonyl (C=O) groups is 1. The molecule has 5 rings (SSSR count). The Morgan fingerprint density at radius 2 is 2.18 bits per heavy atom. The molecule has 10 heteroatoms. The van der Waals surface area contributed by atoms with Crippen molar-refractivity contribution in [1.82, 2.24) is 35.0 Å². The van der Waals surface area contributed by atoms with Gasteiger partial charge in [0.05, 0.1) is 30.4 Å². The number of halogens is 1. The highest BCUT2D eigenvalue weighted by atomic mass is 19.1. The SMILES string of the molecule is COC[C@H](C)NC(=O)c1c[nH]c2ncc(-c3nn(Cc4cccnc4)c4cc(F)ccc34)nc12. The predicted molar refractivity (Wildman–Crippen MR) is 125 cm³/mol. The molecule has 1 aromatic carbocycles. The molecule has 9 nitrogen and oxygen atoms in total. The van der Waals surface area contributed by atoms with Gasteiger partial charge >= 0.3 is 0 Å². The Morgan fingerprint density at radius 3 is 2.97 bits per heavy atom. The van der Waals surface area contributed by atoms with Crippen molar-refractivity contribution in [3.05, 3.63) is 72.1 Å². The molecule has 4 heterocycles. The summed E-state index contributed by atoms with van der Waals surface area (Å²) >= 11 is 0. The molecule has 0 aliphatic rings. The van der Waals surface area contributed by atoms with E-state index in [0.29, 0.717) is 46.8 Å². The van der Waals surface area contributed by atoms with E-state index in [-0.39, 0.29) is 17.8 Å². The van der Waals surface area contributed by atoms with Gasteiger partial charge in [-0.3, -0.25) is 14.5 Å². The summed E-state index contributed by atoms with van der Waals surface area (Å²) in [5.74, 6) is -0.640. The molecule has 0 saturated heterocycles. The third-order valence-corrected chi connectivity index (χ3v) is 5.43. The summed E-state index contributed by atoms with van der Waals surface area (Å²) in [4.78, 5) is 29.1. The molecule has 0 aliphatic heterocycles. The Hall–Kier alpha value is -4.18. The summed E-state index contributed by atoms with van der Waals surface area (Å²) < 4.78 is 20.9. The van der Waals surface area contributed by atoms with E-state index in [1.165, 1.54) is 12.1 Å². The number of aromatic nitrogens is 6. The Bertz CT molecular complexity index is 1480. The molecule has 2 N–H and O–H groups in total. The number of ether oxygens (including phenoxy) is 1. The van der Waals surface area contributed by atoms with Crippen molar-refractivity contribution in [3.8, 4) is 11.4 Å². The molecule has 0 spiro atoms. The summed E-state index contributed by atoms with van der Waals surface area (Å²) in [6, 6.07) is 8.12. The van der Waals surface area contributed by atoms with Gasteiger partial charge in [0.15, 0.2) is 5.65 Å². The maximum absolute atomic E-state index is 14.1. The fourth-order valence-corrected chi connectivity index (χ4v) is 3.89. The number of nitrogens with zero attached hydrogens (tertiary/aromatic N) is 5. The molecule has 1 atom stereocenters. The van der Waals surface area contributed by atoms with Crippen LogP contribution < -0.4 is 5.32 Å². The molecule has 0 bridgehead atoms. The van der Waals surface area contributed by atoms with E-state index in [1.54, 1.807) is 42.6 Å². The Balaban J connectivity index is 1.57. The van der Waals surface area contributed by atoms with Gasteiger partial charge in [0.2, 0.25) is 0 Å². The number of amides is 1. The van der Waals surface area contributed by atoms with Crippen LogP contribution >= 0.6 is 0 Å². The number of methoxy groups -OCH3 is 1. The molecule has 0 fully saturated rings. The number of aromatic amines is 1. The maximum atomic E-state index is 14.1. The predicted octanol–water partition coefficient (Wildman–Crippen LogP) is 3.32. The lowest BCUT2D eigenvalue weighted by atomic mass is 10.1. The zero-order chi connectivity index (χ0) is 23.7. The molecule has 172 valence electrons. The van der Waals surface area contributed by atoms with Crippen molar-refractivity contribution in [3.63, 3.8) is 0 Å². The number of fused-ring (bicyclic) bond motifs is 2. The number of hydrogen-bond acceptors (Lipinski definition) is 6. The number of rotatable bonds is 7. The number of hydrogen-bond donors (Lipinski definition) is 2. The van der Waals surface area contributed by atoms with Crippen molar-refractivity contribution in [1.29, 1.82) is 0 Å². The van der Waals surface area contributed by atoms with Crippen LogP contribution in [-0.4, -0.2) is 55.4 Å². The highest BCUT2D eigenvalue weighted by molar-refractivity contribution is 6.05. The van der Waals surface area contributed by atoms with Crippen molar-refractivity contribution < 1.29 is 13.9 Å². The first-order valence-corrected chi connectivity index (χ1v) is 10.7. The first-order chi connectivity index (χ1) is 16.5. The zero-order valence-electron chi connectivity index (χ0n) is 18.6. The Morgan fingerprint density at radius 1 is 1.29 bits per heavy atom. The van der Waals surface area contributed by atoms with E-state index < -0.39 is 0 Å². The average molecular weight is 459 g/mol. The molecular weight excluding hydrogens is 437 g/mol. The second-order valence-corrected chi connectivity index (χ2v) is 8.01. The lowest BCUT2D eigenvalue weighted by molar-refractivity contribution is 0.0907. The fourth-order valence-electron chi connectivity index (χ4n) is 3.89. The van der Waals surface area contributed by atoms with Crippen LogP contribution in [0.2, 0.25) is 0 Å². The van der Waals surface area contributed by atoms with Crippen LogP contribution in [0.15, 0.2) is 55.1 Å². The minimum atomic E-state index is -0.359. The second-order valence-electron chi connectivity index (χ2n) is 8.01. The number of nitrogens with one attached hydrogen (secondary N) is 2. The van der Waals surface area contributed by atoms with Crippen LogP contribution in [0.1, 0.15) is 22.8 Å². The van der Waals surface area contributed by atoms with Crippen LogP contribution in [0.25, 0.3) is 33.5 Å². The van der Waals surface area contributed by atoms with Crippen LogP contribution in [0, 0.1) is 5.82 Å². The van der Waals surface area contributed by atoms with Gasteiger partial charge in [0.1, 0.15) is 22.7 Å². The molecular formula is C24H22FN7O2. The van der Waals surface area contributed by atoms with Crippen LogP contribution in [0.4, 0.5) is 4.39 Å². The lowest BCUT2D eigenvalue weighted by Crippen LogP contribution is -2.35. The summed E-state index contributed by atoms with van der Waals surface area (Å²) in [6.45, 7) is 2.66. The summed E-state index contributed by atoms with van der Waals surface area (Å²) in [7, 11) is 1.58. The molecule has 1 amide bonds. The number of benzene rings is 1. The highest BCUT2D eigenvalue weighted by Crippen LogP contribution is 2.29. The third kappa shape index (κ3) is 4.11. The number of carbonyl (C=O) groups excluding carboxylic acids is 1. The molecule has 0 saturated carbocycles. The highest BCUT2D eigenvalue weighted by Gasteiger charge is 2.20. The van der Waals surface area contributed by atoms with Crippen molar-refractivity contribution >= 4 is 28.0 Å². The van der Waals surface area contributed by atoms with Gasteiger partial charge in [-0.15, -0.1) is 0 Å². The van der Waals surface area contributed by atoms with Gasteiger partial charge < -0.3 is 15.0 Å². The van der Waals surface area contributed by atoms with Crippen LogP contribution in [0.3, 0.4) is 0 Å². The topological polar surface area (TPSA) is 111 Å². The van der Waals surface area contributed by atoms with Gasteiger partial charge in [-0.05, 0) is 36.8 Å². The fraction of sp³-hybridized carbons (Fsp3) is 0.208. The van der Waals surface area contributed by atoms with Gasteiger partial charge in [0.25, 0.3) is 5.91 Å². The molecule has 0 radical (unpaired) electrons. The third-order valence-electron chi connectivity index (χ3n) is 5.43. The van der Waals surface area contributed by atoms with Crippen molar-refractivity contribution in [2.75, 3.05) is 13.7 Å². The molecule has 0 aliphatic carbocycles. The van der Waals surface area contributed by atoms with Gasteiger partial charge in [0, 0.05) is 37.1 Å². The minimum absolute atomic E-state index is 0.166.